The fourth-order valence-corrected chi connectivity index (χ4v) is 4.20. The molecule has 1 aliphatic rings. The normalized spacial score (nSPS) is 15.6. The van der Waals surface area contributed by atoms with Crippen LogP contribution in [0.3, 0.4) is 0 Å². The van der Waals surface area contributed by atoms with Gasteiger partial charge in [-0.1, -0.05) is 51.5 Å². The molecule has 0 saturated carbocycles. The van der Waals surface area contributed by atoms with Crippen LogP contribution in [0.1, 0.15) is 49.9 Å². The van der Waals surface area contributed by atoms with E-state index in [-0.39, 0.29) is 11.8 Å². The second kappa shape index (κ2) is 5.79. The summed E-state index contributed by atoms with van der Waals surface area (Å²) in [6.45, 7) is 8.77. The minimum Gasteiger partial charge on any atom is -0.236 e. The summed E-state index contributed by atoms with van der Waals surface area (Å²) in [4.78, 5) is 8.94. The monoisotopic (exact) mass is 384 g/mol. The molecule has 0 atom stereocenters. The summed E-state index contributed by atoms with van der Waals surface area (Å²) in [6.07, 6.45) is -2.85. The summed E-state index contributed by atoms with van der Waals surface area (Å²) in [6, 6.07) is 10.0. The number of hydrogen-bond acceptors (Lipinski definition) is 2. The highest BCUT2D eigenvalue weighted by atomic mass is 19.4. The van der Waals surface area contributed by atoms with Gasteiger partial charge < -0.3 is 0 Å². The van der Waals surface area contributed by atoms with Gasteiger partial charge in [0.25, 0.3) is 0 Å². The SMILES string of the molecule is Cc1ccc2c(c1)-c1ncnc3cc(CC(C)(C)C(F)(F)F)cc(c13)C2(C)C. The van der Waals surface area contributed by atoms with Crippen molar-refractivity contribution in [1.29, 1.82) is 0 Å². The number of rotatable bonds is 2. The van der Waals surface area contributed by atoms with Crippen LogP contribution < -0.4 is 0 Å². The molecule has 2 aromatic carbocycles. The zero-order valence-electron chi connectivity index (χ0n) is 16.7. The molecule has 0 radical (unpaired) electrons. The number of benzene rings is 2. The molecule has 3 aromatic rings. The van der Waals surface area contributed by atoms with Crippen molar-refractivity contribution in [3.63, 3.8) is 0 Å². The molecule has 0 fully saturated rings. The molecule has 0 saturated heterocycles. The highest BCUT2D eigenvalue weighted by molar-refractivity contribution is 6.00. The van der Waals surface area contributed by atoms with Crippen LogP contribution in [0.5, 0.6) is 0 Å². The molecule has 0 N–H and O–H groups in total. The van der Waals surface area contributed by atoms with Crippen LogP contribution in [-0.2, 0) is 11.8 Å². The van der Waals surface area contributed by atoms with Crippen LogP contribution in [0.25, 0.3) is 22.2 Å². The van der Waals surface area contributed by atoms with Gasteiger partial charge in [-0.15, -0.1) is 0 Å². The Kier molecular flexibility index (Phi) is 3.91. The maximum absolute atomic E-state index is 13.5. The Morgan fingerprint density at radius 2 is 1.68 bits per heavy atom. The van der Waals surface area contributed by atoms with E-state index in [4.69, 9.17) is 0 Å². The van der Waals surface area contributed by atoms with Crippen LogP contribution >= 0.6 is 0 Å². The second-order valence-corrected chi connectivity index (χ2v) is 8.99. The third kappa shape index (κ3) is 2.71. The fraction of sp³-hybridized carbons (Fsp3) is 0.391. The lowest BCUT2D eigenvalue weighted by Crippen LogP contribution is -2.34. The van der Waals surface area contributed by atoms with E-state index in [1.807, 2.05) is 13.0 Å². The maximum atomic E-state index is 13.5. The van der Waals surface area contributed by atoms with Gasteiger partial charge in [0.05, 0.1) is 16.6 Å². The topological polar surface area (TPSA) is 25.8 Å². The molecule has 146 valence electrons. The Bertz CT molecular complexity index is 1090. The molecule has 0 amide bonds. The fourth-order valence-electron chi connectivity index (χ4n) is 4.20. The van der Waals surface area contributed by atoms with Gasteiger partial charge >= 0.3 is 6.18 Å². The number of nitrogens with zero attached hydrogens (tertiary/aromatic N) is 2. The van der Waals surface area contributed by atoms with Crippen LogP contribution in [0.2, 0.25) is 0 Å². The van der Waals surface area contributed by atoms with Gasteiger partial charge in [0.1, 0.15) is 6.33 Å². The summed E-state index contributed by atoms with van der Waals surface area (Å²) in [5, 5.41) is 0.944. The molecule has 0 unspecified atom stereocenters. The van der Waals surface area contributed by atoms with Crippen LogP contribution in [-0.4, -0.2) is 16.1 Å². The lowest BCUT2D eigenvalue weighted by molar-refractivity contribution is -0.211. The summed E-state index contributed by atoms with van der Waals surface area (Å²) in [5.41, 5.74) is 4.41. The van der Waals surface area contributed by atoms with E-state index in [0.717, 1.165) is 33.3 Å². The van der Waals surface area contributed by atoms with Gasteiger partial charge in [0, 0.05) is 16.4 Å². The minimum absolute atomic E-state index is 0.0877. The molecular formula is C23H23F3N2. The first-order chi connectivity index (χ1) is 12.9. The van der Waals surface area contributed by atoms with Crippen molar-refractivity contribution < 1.29 is 13.2 Å². The van der Waals surface area contributed by atoms with E-state index in [9.17, 15) is 13.2 Å². The van der Waals surface area contributed by atoms with Crippen molar-refractivity contribution in [1.82, 2.24) is 9.97 Å². The van der Waals surface area contributed by atoms with E-state index < -0.39 is 11.6 Å². The first kappa shape index (κ1) is 18.9. The summed E-state index contributed by atoms with van der Waals surface area (Å²) >= 11 is 0. The van der Waals surface area contributed by atoms with Crippen molar-refractivity contribution >= 4 is 10.9 Å². The summed E-state index contributed by atoms with van der Waals surface area (Å²) in [7, 11) is 0. The number of aryl methyl sites for hydroxylation is 1. The summed E-state index contributed by atoms with van der Waals surface area (Å²) < 4.78 is 40.4. The standard InChI is InChI=1S/C23H23F3N2/c1-13-6-7-16-15(8-13)20-19-17(22(16,4)5)9-14(10-18(19)27-12-28-20)11-21(2,3)23(24,25)26/h6-10,12H,11H2,1-5H3. The number of halogens is 3. The Hall–Kier alpha value is -2.43. The molecule has 28 heavy (non-hydrogen) atoms. The molecule has 1 heterocycles. The van der Waals surface area contributed by atoms with Gasteiger partial charge in [-0.3, -0.25) is 0 Å². The van der Waals surface area contributed by atoms with Gasteiger partial charge in [0.15, 0.2) is 0 Å². The van der Waals surface area contributed by atoms with E-state index >= 15 is 0 Å². The van der Waals surface area contributed by atoms with Crippen molar-refractivity contribution in [3.05, 3.63) is 58.9 Å². The van der Waals surface area contributed by atoms with Crippen molar-refractivity contribution in [3.8, 4) is 11.3 Å². The predicted octanol–water partition coefficient (Wildman–Crippen LogP) is 6.38. The quantitative estimate of drug-likeness (QED) is 0.513. The molecular weight excluding hydrogens is 361 g/mol. The molecule has 0 spiro atoms. The Labute approximate surface area is 162 Å². The Balaban J connectivity index is 1.98. The van der Waals surface area contributed by atoms with Gasteiger partial charge in [-0.05, 0) is 42.2 Å². The number of alkyl halides is 3. The van der Waals surface area contributed by atoms with Crippen LogP contribution in [0, 0.1) is 12.3 Å². The van der Waals surface area contributed by atoms with Gasteiger partial charge in [-0.25, -0.2) is 9.97 Å². The van der Waals surface area contributed by atoms with E-state index in [1.54, 1.807) is 6.07 Å². The smallest absolute Gasteiger partial charge is 0.236 e. The number of aromatic nitrogens is 2. The van der Waals surface area contributed by atoms with Crippen molar-refractivity contribution in [2.45, 2.75) is 52.6 Å². The number of hydrogen-bond donors (Lipinski definition) is 0. The van der Waals surface area contributed by atoms with Crippen molar-refractivity contribution in [2.75, 3.05) is 0 Å². The van der Waals surface area contributed by atoms with Crippen LogP contribution in [0.15, 0.2) is 36.7 Å². The number of fused-ring (bicyclic) bond motifs is 2. The largest absolute Gasteiger partial charge is 0.394 e. The highest BCUT2D eigenvalue weighted by Crippen LogP contribution is 2.49. The molecule has 2 nitrogen and oxygen atoms in total. The lowest BCUT2D eigenvalue weighted by Gasteiger charge is -2.35. The van der Waals surface area contributed by atoms with E-state index in [2.05, 4.69) is 42.0 Å². The first-order valence-corrected chi connectivity index (χ1v) is 9.38. The average molecular weight is 384 g/mol. The average Bonchev–Trinajstić information content (AvgIpc) is 2.57. The van der Waals surface area contributed by atoms with E-state index in [0.29, 0.717) is 11.1 Å². The minimum atomic E-state index is -4.27. The van der Waals surface area contributed by atoms with Gasteiger partial charge in [0.2, 0.25) is 0 Å². The molecule has 4 rings (SSSR count). The zero-order valence-corrected chi connectivity index (χ0v) is 16.7. The predicted molar refractivity (Wildman–Crippen MR) is 105 cm³/mol. The molecule has 0 aliphatic heterocycles. The van der Waals surface area contributed by atoms with Crippen LogP contribution in [0.4, 0.5) is 13.2 Å². The third-order valence-electron chi connectivity index (χ3n) is 5.99. The second-order valence-electron chi connectivity index (χ2n) is 8.99. The molecule has 1 aliphatic carbocycles. The first-order valence-electron chi connectivity index (χ1n) is 9.38. The molecule has 0 bridgehead atoms. The molecule has 5 heteroatoms. The van der Waals surface area contributed by atoms with E-state index in [1.165, 1.54) is 20.2 Å². The Morgan fingerprint density at radius 1 is 0.964 bits per heavy atom. The van der Waals surface area contributed by atoms with Gasteiger partial charge in [-0.2, -0.15) is 13.2 Å². The Morgan fingerprint density at radius 3 is 2.36 bits per heavy atom. The third-order valence-corrected chi connectivity index (χ3v) is 5.99. The van der Waals surface area contributed by atoms with Crippen molar-refractivity contribution in [2.24, 2.45) is 5.41 Å². The summed E-state index contributed by atoms with van der Waals surface area (Å²) in [5.74, 6) is 0. The maximum Gasteiger partial charge on any atom is 0.394 e. The highest BCUT2D eigenvalue weighted by Gasteiger charge is 2.47. The molecule has 1 aromatic heterocycles. The zero-order chi connectivity index (χ0) is 20.5. The lowest BCUT2D eigenvalue weighted by atomic mass is 9.69.